The molecule has 3 nitrogen and oxygen atoms in total. The number of hydrogen-bond acceptors (Lipinski definition) is 2. The van der Waals surface area contributed by atoms with Gasteiger partial charge in [-0.3, -0.25) is 4.79 Å². The van der Waals surface area contributed by atoms with Crippen molar-refractivity contribution in [1.82, 2.24) is 5.01 Å². The van der Waals surface area contributed by atoms with Gasteiger partial charge in [0.25, 0.3) is 5.91 Å². The zero-order valence-electron chi connectivity index (χ0n) is 11.7. The van der Waals surface area contributed by atoms with E-state index in [1.165, 1.54) is 5.01 Å². The highest BCUT2D eigenvalue weighted by Gasteiger charge is 2.32. The van der Waals surface area contributed by atoms with Crippen LogP contribution in [0.3, 0.4) is 0 Å². The molecule has 0 N–H and O–H groups in total. The Bertz CT molecular complexity index is 700. The number of amides is 1. The first-order chi connectivity index (χ1) is 10.7. The molecule has 5 heteroatoms. The van der Waals surface area contributed by atoms with Gasteiger partial charge in [0, 0.05) is 10.9 Å². The molecule has 0 spiro atoms. The first-order valence-electron chi connectivity index (χ1n) is 6.95. The Kier molecular flexibility index (Phi) is 4.60. The van der Waals surface area contributed by atoms with Gasteiger partial charge in [0.2, 0.25) is 0 Å². The fourth-order valence-electron chi connectivity index (χ4n) is 2.55. The number of hydrogen-bond donors (Lipinski definition) is 0. The van der Waals surface area contributed by atoms with Gasteiger partial charge in [0.05, 0.1) is 11.8 Å². The Morgan fingerprint density at radius 3 is 2.50 bits per heavy atom. The molecule has 112 valence electrons. The summed E-state index contributed by atoms with van der Waals surface area (Å²) in [6.45, 7) is 0. The topological polar surface area (TPSA) is 32.7 Å². The molecule has 0 saturated carbocycles. The number of nitrogens with zero attached hydrogens (tertiary/aromatic N) is 2. The van der Waals surface area contributed by atoms with E-state index >= 15 is 0 Å². The van der Waals surface area contributed by atoms with Gasteiger partial charge in [0.1, 0.15) is 5.88 Å². The van der Waals surface area contributed by atoms with E-state index in [1.807, 2.05) is 54.6 Å². The molecule has 0 saturated heterocycles. The van der Waals surface area contributed by atoms with Crippen molar-refractivity contribution in [1.29, 1.82) is 0 Å². The van der Waals surface area contributed by atoms with Gasteiger partial charge in [-0.15, -0.1) is 11.6 Å². The summed E-state index contributed by atoms with van der Waals surface area (Å²) in [5.74, 6) is -0.247. The van der Waals surface area contributed by atoms with Crippen LogP contribution in [0.1, 0.15) is 23.6 Å². The first-order valence-corrected chi connectivity index (χ1v) is 8.28. The SMILES string of the molecule is O=C(CCl)N1N=C(c2ccc(Br)cc2)C[C@@H]1c1ccccc1. The molecule has 3 rings (SSSR count). The molecule has 1 amide bonds. The van der Waals surface area contributed by atoms with Crippen LogP contribution in [0.15, 0.2) is 64.2 Å². The van der Waals surface area contributed by atoms with Crippen molar-refractivity contribution in [3.63, 3.8) is 0 Å². The van der Waals surface area contributed by atoms with Gasteiger partial charge < -0.3 is 0 Å². The quantitative estimate of drug-likeness (QED) is 0.731. The molecule has 0 unspecified atom stereocenters. The Morgan fingerprint density at radius 2 is 1.86 bits per heavy atom. The van der Waals surface area contributed by atoms with E-state index in [2.05, 4.69) is 21.0 Å². The van der Waals surface area contributed by atoms with Crippen molar-refractivity contribution in [2.24, 2.45) is 5.10 Å². The summed E-state index contributed by atoms with van der Waals surface area (Å²) >= 11 is 9.16. The molecule has 1 aliphatic heterocycles. The molecular formula is C17H14BrClN2O. The molecule has 0 aliphatic carbocycles. The van der Waals surface area contributed by atoms with Crippen LogP contribution in [0, 0.1) is 0 Å². The van der Waals surface area contributed by atoms with Crippen molar-refractivity contribution in [2.45, 2.75) is 12.5 Å². The Morgan fingerprint density at radius 1 is 1.18 bits per heavy atom. The van der Waals surface area contributed by atoms with Crippen molar-refractivity contribution in [2.75, 3.05) is 5.88 Å². The summed E-state index contributed by atoms with van der Waals surface area (Å²) in [5, 5.41) is 6.03. The third-order valence-corrected chi connectivity index (χ3v) is 4.40. The van der Waals surface area contributed by atoms with Gasteiger partial charge in [-0.2, -0.15) is 5.10 Å². The van der Waals surface area contributed by atoms with Crippen LogP contribution in [0.4, 0.5) is 0 Å². The van der Waals surface area contributed by atoms with E-state index in [0.29, 0.717) is 6.42 Å². The normalized spacial score (nSPS) is 17.5. The number of alkyl halides is 1. The van der Waals surface area contributed by atoms with E-state index in [4.69, 9.17) is 11.6 Å². The zero-order chi connectivity index (χ0) is 15.5. The molecule has 0 bridgehead atoms. The van der Waals surface area contributed by atoms with E-state index in [1.54, 1.807) is 0 Å². The lowest BCUT2D eigenvalue weighted by Gasteiger charge is -2.21. The van der Waals surface area contributed by atoms with Gasteiger partial charge >= 0.3 is 0 Å². The van der Waals surface area contributed by atoms with Crippen molar-refractivity contribution in [3.05, 3.63) is 70.2 Å². The largest absolute Gasteiger partial charge is 0.272 e. The number of carbonyl (C=O) groups excluding carboxylic acids is 1. The maximum Gasteiger partial charge on any atom is 0.258 e. The number of hydrazone groups is 1. The second kappa shape index (κ2) is 6.63. The standard InChI is InChI=1S/C17H14BrClN2O/c18-14-8-6-12(7-9-14)15-10-16(13-4-2-1-3-5-13)21(20-15)17(22)11-19/h1-9,16H,10-11H2/t16-/m1/s1. The van der Waals surface area contributed by atoms with Gasteiger partial charge in [-0.1, -0.05) is 58.4 Å². The summed E-state index contributed by atoms with van der Waals surface area (Å²) in [7, 11) is 0. The predicted octanol–water partition coefficient (Wildman–Crippen LogP) is 4.37. The van der Waals surface area contributed by atoms with Crippen LogP contribution in [0.25, 0.3) is 0 Å². The average Bonchev–Trinajstić information content (AvgIpc) is 3.01. The van der Waals surface area contributed by atoms with Crippen molar-refractivity contribution < 1.29 is 4.79 Å². The van der Waals surface area contributed by atoms with Gasteiger partial charge in [0.15, 0.2) is 0 Å². The highest BCUT2D eigenvalue weighted by Crippen LogP contribution is 2.33. The molecule has 22 heavy (non-hydrogen) atoms. The Hall–Kier alpha value is -1.65. The fraction of sp³-hybridized carbons (Fsp3) is 0.176. The van der Waals surface area contributed by atoms with E-state index < -0.39 is 0 Å². The summed E-state index contributed by atoms with van der Waals surface area (Å²) in [6, 6.07) is 17.8. The number of rotatable bonds is 3. The zero-order valence-corrected chi connectivity index (χ0v) is 14.1. The summed E-state index contributed by atoms with van der Waals surface area (Å²) in [6.07, 6.45) is 0.689. The summed E-state index contributed by atoms with van der Waals surface area (Å²) in [4.78, 5) is 12.1. The van der Waals surface area contributed by atoms with Crippen LogP contribution in [-0.4, -0.2) is 22.5 Å². The fourth-order valence-corrected chi connectivity index (χ4v) is 2.94. The minimum absolute atomic E-state index is 0.0690. The predicted molar refractivity (Wildman–Crippen MR) is 92.0 cm³/mol. The molecule has 1 heterocycles. The average molecular weight is 378 g/mol. The van der Waals surface area contributed by atoms with Crippen LogP contribution in [0.5, 0.6) is 0 Å². The molecule has 2 aromatic rings. The Balaban J connectivity index is 1.94. The van der Waals surface area contributed by atoms with Gasteiger partial charge in [-0.25, -0.2) is 5.01 Å². The second-order valence-corrected chi connectivity index (χ2v) is 6.24. The van der Waals surface area contributed by atoms with Crippen LogP contribution in [0.2, 0.25) is 0 Å². The highest BCUT2D eigenvalue weighted by atomic mass is 79.9. The minimum atomic E-state index is -0.178. The van der Waals surface area contributed by atoms with Crippen LogP contribution < -0.4 is 0 Å². The van der Waals surface area contributed by atoms with Crippen LogP contribution >= 0.6 is 27.5 Å². The van der Waals surface area contributed by atoms with E-state index in [9.17, 15) is 4.79 Å². The van der Waals surface area contributed by atoms with Crippen LogP contribution in [-0.2, 0) is 4.79 Å². The van der Waals surface area contributed by atoms with E-state index in [-0.39, 0.29) is 17.8 Å². The number of halogens is 2. The minimum Gasteiger partial charge on any atom is -0.272 e. The lowest BCUT2D eigenvalue weighted by Crippen LogP contribution is -2.27. The molecule has 0 aromatic heterocycles. The third-order valence-electron chi connectivity index (χ3n) is 3.64. The molecule has 1 aliphatic rings. The number of benzene rings is 2. The summed E-state index contributed by atoms with van der Waals surface area (Å²) in [5.41, 5.74) is 2.99. The first kappa shape index (κ1) is 15.3. The lowest BCUT2D eigenvalue weighted by molar-refractivity contribution is -0.130. The highest BCUT2D eigenvalue weighted by molar-refractivity contribution is 9.10. The third kappa shape index (κ3) is 3.08. The molecular weight excluding hydrogens is 364 g/mol. The Labute approximate surface area is 142 Å². The maximum absolute atomic E-state index is 12.1. The monoisotopic (exact) mass is 376 g/mol. The van der Waals surface area contributed by atoms with Crippen molar-refractivity contribution >= 4 is 39.1 Å². The second-order valence-electron chi connectivity index (χ2n) is 5.06. The smallest absolute Gasteiger partial charge is 0.258 e. The lowest BCUT2D eigenvalue weighted by atomic mass is 9.98. The molecule has 2 aromatic carbocycles. The number of carbonyl (C=O) groups is 1. The maximum atomic E-state index is 12.1. The summed E-state index contributed by atoms with van der Waals surface area (Å²) < 4.78 is 1.02. The molecule has 0 fully saturated rings. The van der Waals surface area contributed by atoms with E-state index in [0.717, 1.165) is 21.3 Å². The van der Waals surface area contributed by atoms with Gasteiger partial charge in [-0.05, 0) is 23.3 Å². The molecule has 1 atom stereocenters. The van der Waals surface area contributed by atoms with Crippen molar-refractivity contribution in [3.8, 4) is 0 Å². The molecule has 0 radical (unpaired) electrons.